The summed E-state index contributed by atoms with van der Waals surface area (Å²) < 4.78 is 5.57. The second kappa shape index (κ2) is 8.85. The minimum atomic E-state index is -0.517. The van der Waals surface area contributed by atoms with Crippen LogP contribution in [-0.2, 0) is 4.74 Å². The number of likely N-dealkylation sites (tertiary alicyclic amines) is 1. The highest BCUT2D eigenvalue weighted by Crippen LogP contribution is 2.32. The van der Waals surface area contributed by atoms with Crippen LogP contribution < -0.4 is 4.90 Å². The topological polar surface area (TPSA) is 45.7 Å². The van der Waals surface area contributed by atoms with Crippen LogP contribution in [0.1, 0.15) is 72.4 Å². The van der Waals surface area contributed by atoms with E-state index in [1.165, 1.54) is 24.8 Å². The number of ether oxygens (including phenoxy) is 1. The number of carbonyl (C=O) groups excluding carboxylic acids is 1. The van der Waals surface area contributed by atoms with E-state index in [-0.39, 0.29) is 6.09 Å². The lowest BCUT2D eigenvalue weighted by molar-refractivity contribution is 0.0575. The Balaban J connectivity index is 2.17. The van der Waals surface area contributed by atoms with Gasteiger partial charge in [0.25, 0.3) is 0 Å². The summed E-state index contributed by atoms with van der Waals surface area (Å²) in [6.45, 7) is 14.9. The fourth-order valence-corrected chi connectivity index (χ4v) is 3.46. The third kappa shape index (κ3) is 5.70. The molecule has 0 aliphatic carbocycles. The molecule has 2 rings (SSSR count). The Bertz CT molecular complexity index is 578. The second-order valence-corrected chi connectivity index (χ2v) is 8.63. The Hall–Kier alpha value is -1.62. The quantitative estimate of drug-likeness (QED) is 0.713. The first-order chi connectivity index (χ1) is 12.2. The monoisotopic (exact) mass is 361 g/mol. The van der Waals surface area contributed by atoms with Crippen molar-refractivity contribution in [2.45, 2.75) is 72.4 Å². The molecular formula is C21H35N3O2. The molecule has 5 heteroatoms. The maximum absolute atomic E-state index is 12.6. The zero-order chi connectivity index (χ0) is 19.3. The molecule has 1 amide bonds. The molecule has 0 unspecified atom stereocenters. The minimum Gasteiger partial charge on any atom is -0.443 e. The van der Waals surface area contributed by atoms with Crippen molar-refractivity contribution in [3.8, 4) is 0 Å². The number of nitrogens with zero attached hydrogens (tertiary/aromatic N) is 3. The maximum atomic E-state index is 12.6. The molecule has 1 atom stereocenters. The molecule has 1 aromatic rings. The summed E-state index contributed by atoms with van der Waals surface area (Å²) >= 11 is 0. The number of aromatic nitrogens is 1. The molecule has 1 saturated heterocycles. The number of anilines is 1. The summed E-state index contributed by atoms with van der Waals surface area (Å²) in [7, 11) is 0. The van der Waals surface area contributed by atoms with E-state index in [2.05, 4.69) is 36.7 Å². The van der Waals surface area contributed by atoms with Gasteiger partial charge < -0.3 is 4.74 Å². The van der Waals surface area contributed by atoms with Crippen molar-refractivity contribution >= 4 is 11.9 Å². The van der Waals surface area contributed by atoms with Crippen molar-refractivity contribution in [3.05, 3.63) is 23.9 Å². The first-order valence-corrected chi connectivity index (χ1v) is 9.91. The van der Waals surface area contributed by atoms with Crippen LogP contribution in [0.3, 0.4) is 0 Å². The lowest BCUT2D eigenvalue weighted by atomic mass is 10.1. The molecule has 0 spiro atoms. The molecule has 5 nitrogen and oxygen atoms in total. The van der Waals surface area contributed by atoms with Crippen LogP contribution >= 0.6 is 0 Å². The molecule has 1 aliphatic rings. The van der Waals surface area contributed by atoms with Gasteiger partial charge in [-0.1, -0.05) is 26.8 Å². The predicted octanol–water partition coefficient (Wildman–Crippen LogP) is 5.03. The van der Waals surface area contributed by atoms with Gasteiger partial charge in [-0.3, -0.25) is 9.80 Å². The number of hydrogen-bond donors (Lipinski definition) is 0. The molecule has 0 bridgehead atoms. The molecule has 0 saturated carbocycles. The number of carbonyl (C=O) groups is 1. The highest BCUT2D eigenvalue weighted by atomic mass is 16.6. The molecule has 2 heterocycles. The third-order valence-electron chi connectivity index (χ3n) is 4.47. The Morgan fingerprint density at radius 1 is 1.38 bits per heavy atom. The largest absolute Gasteiger partial charge is 0.443 e. The van der Waals surface area contributed by atoms with E-state index in [4.69, 9.17) is 4.74 Å². The Labute approximate surface area is 158 Å². The van der Waals surface area contributed by atoms with Gasteiger partial charge in [0.1, 0.15) is 11.4 Å². The van der Waals surface area contributed by atoms with E-state index in [0.29, 0.717) is 24.3 Å². The molecule has 146 valence electrons. The van der Waals surface area contributed by atoms with E-state index >= 15 is 0 Å². The smallest absolute Gasteiger partial charge is 0.416 e. The van der Waals surface area contributed by atoms with E-state index in [9.17, 15) is 4.79 Å². The van der Waals surface area contributed by atoms with E-state index < -0.39 is 5.60 Å². The van der Waals surface area contributed by atoms with Crippen LogP contribution in [0.25, 0.3) is 0 Å². The van der Waals surface area contributed by atoms with Gasteiger partial charge in [0.15, 0.2) is 0 Å². The van der Waals surface area contributed by atoms with Crippen molar-refractivity contribution in [3.63, 3.8) is 0 Å². The minimum absolute atomic E-state index is 0.332. The van der Waals surface area contributed by atoms with Crippen LogP contribution in [0.4, 0.5) is 10.6 Å². The Kier molecular flexibility index (Phi) is 7.04. The summed E-state index contributed by atoms with van der Waals surface area (Å²) in [6, 6.07) is 4.54. The molecule has 1 aliphatic heterocycles. The van der Waals surface area contributed by atoms with Gasteiger partial charge in [0, 0.05) is 18.8 Å². The van der Waals surface area contributed by atoms with Crippen molar-refractivity contribution in [1.29, 1.82) is 0 Å². The highest BCUT2D eigenvalue weighted by molar-refractivity contribution is 5.86. The van der Waals surface area contributed by atoms with Gasteiger partial charge in [0.05, 0.1) is 0 Å². The average Bonchev–Trinajstić information content (AvgIpc) is 2.99. The zero-order valence-electron chi connectivity index (χ0n) is 17.3. The normalized spacial score (nSPS) is 18.3. The standard InChI is InChI=1S/C21H35N3O2/c1-7-12-23-13-8-9-18(23)17-10-11-19(22-14-17)24(15-16(2)3)20(25)26-21(4,5)6/h10-11,14,16,18H,7-9,12-13,15H2,1-6H3/t18-/m1/s1. The number of amides is 1. The summed E-state index contributed by atoms with van der Waals surface area (Å²) in [5.41, 5.74) is 0.727. The van der Waals surface area contributed by atoms with Gasteiger partial charge in [-0.05, 0) is 70.7 Å². The van der Waals surface area contributed by atoms with Crippen LogP contribution in [0.15, 0.2) is 18.3 Å². The SMILES string of the molecule is CCCN1CCC[C@@H]1c1ccc(N(CC(C)C)C(=O)OC(C)(C)C)nc1. The second-order valence-electron chi connectivity index (χ2n) is 8.63. The molecular weight excluding hydrogens is 326 g/mol. The number of pyridine rings is 1. The van der Waals surface area contributed by atoms with Crippen LogP contribution in [0.5, 0.6) is 0 Å². The van der Waals surface area contributed by atoms with E-state index in [1.54, 1.807) is 4.90 Å². The Morgan fingerprint density at radius 3 is 2.65 bits per heavy atom. The summed E-state index contributed by atoms with van der Waals surface area (Å²) in [5, 5.41) is 0. The van der Waals surface area contributed by atoms with Crippen LogP contribution in [0.2, 0.25) is 0 Å². The van der Waals surface area contributed by atoms with Gasteiger partial charge >= 0.3 is 6.09 Å². The lowest BCUT2D eigenvalue weighted by Crippen LogP contribution is -2.39. The first-order valence-electron chi connectivity index (χ1n) is 9.91. The lowest BCUT2D eigenvalue weighted by Gasteiger charge is -2.28. The third-order valence-corrected chi connectivity index (χ3v) is 4.47. The van der Waals surface area contributed by atoms with Crippen LogP contribution in [0, 0.1) is 5.92 Å². The average molecular weight is 362 g/mol. The summed E-state index contributed by atoms with van der Waals surface area (Å²) in [5.74, 6) is 0.996. The van der Waals surface area contributed by atoms with Crippen molar-refractivity contribution < 1.29 is 9.53 Å². The summed E-state index contributed by atoms with van der Waals surface area (Å²) in [4.78, 5) is 21.4. The molecule has 1 fully saturated rings. The van der Waals surface area contributed by atoms with Gasteiger partial charge in [-0.25, -0.2) is 9.78 Å². The zero-order valence-corrected chi connectivity index (χ0v) is 17.3. The van der Waals surface area contributed by atoms with Crippen molar-refractivity contribution in [2.24, 2.45) is 5.92 Å². The predicted molar refractivity (Wildman–Crippen MR) is 106 cm³/mol. The molecule has 0 aromatic carbocycles. The first kappa shape index (κ1) is 20.7. The fourth-order valence-electron chi connectivity index (χ4n) is 3.46. The van der Waals surface area contributed by atoms with Gasteiger partial charge in [0.2, 0.25) is 0 Å². The van der Waals surface area contributed by atoms with Gasteiger partial charge in [-0.15, -0.1) is 0 Å². The van der Waals surface area contributed by atoms with E-state index in [0.717, 1.165) is 13.1 Å². The Morgan fingerprint density at radius 2 is 2.12 bits per heavy atom. The molecule has 0 radical (unpaired) electrons. The molecule has 26 heavy (non-hydrogen) atoms. The fraction of sp³-hybridized carbons (Fsp3) is 0.714. The van der Waals surface area contributed by atoms with Crippen molar-refractivity contribution in [1.82, 2.24) is 9.88 Å². The molecule has 0 N–H and O–H groups in total. The van der Waals surface area contributed by atoms with Crippen molar-refractivity contribution in [2.75, 3.05) is 24.5 Å². The highest BCUT2D eigenvalue weighted by Gasteiger charge is 2.27. The number of hydrogen-bond acceptors (Lipinski definition) is 4. The van der Waals surface area contributed by atoms with Gasteiger partial charge in [-0.2, -0.15) is 0 Å². The van der Waals surface area contributed by atoms with Crippen LogP contribution in [-0.4, -0.2) is 41.2 Å². The summed E-state index contributed by atoms with van der Waals surface area (Å²) in [6.07, 6.45) is 5.20. The number of rotatable bonds is 6. The maximum Gasteiger partial charge on any atom is 0.416 e. The molecule has 1 aromatic heterocycles. The van der Waals surface area contributed by atoms with E-state index in [1.807, 2.05) is 33.0 Å².